The van der Waals surface area contributed by atoms with E-state index in [1.807, 2.05) is 31.2 Å². The van der Waals surface area contributed by atoms with Crippen LogP contribution < -0.4 is 10.1 Å². The van der Waals surface area contributed by atoms with Crippen LogP contribution in [0.15, 0.2) is 36.4 Å². The van der Waals surface area contributed by atoms with Crippen molar-refractivity contribution >= 4 is 56.5 Å². The van der Waals surface area contributed by atoms with E-state index < -0.39 is 0 Å². The average Bonchev–Trinajstić information content (AvgIpc) is 3.27. The van der Waals surface area contributed by atoms with Crippen molar-refractivity contribution in [3.63, 3.8) is 0 Å². The second-order valence-electron chi connectivity index (χ2n) is 6.60. The second-order valence-corrected chi connectivity index (χ2v) is 8.53. The van der Waals surface area contributed by atoms with Crippen molar-refractivity contribution in [1.29, 1.82) is 0 Å². The molecule has 2 heterocycles. The zero-order valence-corrected chi connectivity index (χ0v) is 18.5. The number of benzene rings is 2. The third kappa shape index (κ3) is 4.40. The van der Waals surface area contributed by atoms with Crippen LogP contribution in [0.5, 0.6) is 5.75 Å². The smallest absolute Gasteiger partial charge is 0.232 e. The van der Waals surface area contributed by atoms with E-state index in [1.165, 1.54) is 11.3 Å². The Morgan fingerprint density at radius 1 is 1.20 bits per heavy atom. The van der Waals surface area contributed by atoms with Gasteiger partial charge in [0.2, 0.25) is 5.91 Å². The van der Waals surface area contributed by atoms with E-state index in [2.05, 4.69) is 20.6 Å². The van der Waals surface area contributed by atoms with Gasteiger partial charge in [0.1, 0.15) is 10.8 Å². The number of ether oxygens (including phenoxy) is 1. The number of rotatable bonds is 6. The van der Waals surface area contributed by atoms with Gasteiger partial charge in [-0.1, -0.05) is 34.5 Å². The van der Waals surface area contributed by atoms with Gasteiger partial charge < -0.3 is 10.1 Å². The lowest BCUT2D eigenvalue weighted by molar-refractivity contribution is -0.115. The lowest BCUT2D eigenvalue weighted by atomic mass is 10.2. The quantitative estimate of drug-likeness (QED) is 0.448. The highest BCUT2D eigenvalue weighted by atomic mass is 35.5. The van der Waals surface area contributed by atoms with Crippen molar-refractivity contribution in [1.82, 2.24) is 20.0 Å². The molecule has 10 heteroatoms. The first-order chi connectivity index (χ1) is 14.4. The first-order valence-corrected chi connectivity index (χ1v) is 10.6. The van der Waals surface area contributed by atoms with E-state index >= 15 is 0 Å². The van der Waals surface area contributed by atoms with Crippen LogP contribution in [-0.4, -0.2) is 33.0 Å². The highest BCUT2D eigenvalue weighted by Crippen LogP contribution is 2.27. The summed E-state index contributed by atoms with van der Waals surface area (Å²) in [6, 6.07) is 11.0. The molecule has 7 nitrogen and oxygen atoms in total. The summed E-state index contributed by atoms with van der Waals surface area (Å²) in [4.78, 5) is 17.0. The number of carbonyl (C=O) groups excluding carboxylic acids is 1. The summed E-state index contributed by atoms with van der Waals surface area (Å²) in [5.41, 5.74) is 2.51. The molecule has 4 rings (SSSR count). The fourth-order valence-corrected chi connectivity index (χ4v) is 4.22. The molecule has 0 bridgehead atoms. The fraction of sp³-hybridized carbons (Fsp3) is 0.200. The zero-order chi connectivity index (χ0) is 21.3. The topological polar surface area (TPSA) is 81.9 Å². The van der Waals surface area contributed by atoms with Gasteiger partial charge in [0.15, 0.2) is 5.82 Å². The molecule has 1 N–H and O–H groups in total. The number of aromatic nitrogens is 4. The minimum atomic E-state index is -0.203. The number of carbonyl (C=O) groups is 1. The highest BCUT2D eigenvalue weighted by molar-refractivity contribution is 7.18. The maximum atomic E-state index is 12.5. The Labute approximate surface area is 186 Å². The summed E-state index contributed by atoms with van der Waals surface area (Å²) in [7, 11) is 1.62. The number of nitrogens with one attached hydrogen (secondary N) is 1. The largest absolute Gasteiger partial charge is 0.497 e. The SMILES string of the molecule is COc1ccc2nc(CC(=O)Nc3nnn(Cc4ccc(Cl)c(Cl)c4)c3C)sc2c1. The number of thiazole rings is 1. The van der Waals surface area contributed by atoms with Crippen molar-refractivity contribution < 1.29 is 9.53 Å². The molecule has 2 aromatic carbocycles. The normalized spacial score (nSPS) is 11.1. The molecule has 0 aliphatic heterocycles. The Bertz CT molecular complexity index is 1240. The van der Waals surface area contributed by atoms with Gasteiger partial charge in [-0.2, -0.15) is 0 Å². The molecular weight excluding hydrogens is 445 g/mol. The van der Waals surface area contributed by atoms with Crippen LogP contribution in [0.2, 0.25) is 10.0 Å². The van der Waals surface area contributed by atoms with Gasteiger partial charge in [0.25, 0.3) is 0 Å². The van der Waals surface area contributed by atoms with Crippen LogP contribution in [0.4, 0.5) is 5.82 Å². The van der Waals surface area contributed by atoms with E-state index in [4.69, 9.17) is 27.9 Å². The highest BCUT2D eigenvalue weighted by Gasteiger charge is 2.15. The maximum Gasteiger partial charge on any atom is 0.232 e. The second kappa shape index (κ2) is 8.59. The lowest BCUT2D eigenvalue weighted by Crippen LogP contribution is -2.15. The third-order valence-corrected chi connectivity index (χ3v) is 6.27. The van der Waals surface area contributed by atoms with Gasteiger partial charge in [0.05, 0.1) is 46.0 Å². The lowest BCUT2D eigenvalue weighted by Gasteiger charge is -2.06. The Morgan fingerprint density at radius 2 is 2.03 bits per heavy atom. The van der Waals surface area contributed by atoms with E-state index in [0.717, 1.165) is 32.2 Å². The Morgan fingerprint density at radius 3 is 2.80 bits per heavy atom. The van der Waals surface area contributed by atoms with E-state index in [9.17, 15) is 4.79 Å². The van der Waals surface area contributed by atoms with Crippen molar-refractivity contribution in [3.8, 4) is 5.75 Å². The molecule has 0 saturated carbocycles. The average molecular weight is 462 g/mol. The summed E-state index contributed by atoms with van der Waals surface area (Å²) in [5.74, 6) is 0.977. The van der Waals surface area contributed by atoms with Gasteiger partial charge in [-0.15, -0.1) is 16.4 Å². The first-order valence-electron chi connectivity index (χ1n) is 9.00. The predicted molar refractivity (Wildman–Crippen MR) is 119 cm³/mol. The number of amides is 1. The molecule has 154 valence electrons. The molecular formula is C20H17Cl2N5O2S. The molecule has 0 atom stereocenters. The molecule has 0 radical (unpaired) electrons. The molecule has 0 unspecified atom stereocenters. The van der Waals surface area contributed by atoms with Crippen LogP contribution >= 0.6 is 34.5 Å². The summed E-state index contributed by atoms with van der Waals surface area (Å²) in [5, 5.41) is 12.7. The monoisotopic (exact) mass is 461 g/mol. The molecule has 0 aliphatic carbocycles. The van der Waals surface area contributed by atoms with Gasteiger partial charge in [-0.25, -0.2) is 9.67 Å². The molecule has 0 saturated heterocycles. The molecule has 0 fully saturated rings. The Hall–Kier alpha value is -2.68. The van der Waals surface area contributed by atoms with Crippen molar-refractivity contribution in [2.75, 3.05) is 12.4 Å². The number of hydrogen-bond donors (Lipinski definition) is 1. The van der Waals surface area contributed by atoms with Crippen LogP contribution in [0.25, 0.3) is 10.2 Å². The van der Waals surface area contributed by atoms with Gasteiger partial charge >= 0.3 is 0 Å². The predicted octanol–water partition coefficient (Wildman–Crippen LogP) is 4.74. The van der Waals surface area contributed by atoms with Crippen LogP contribution in [-0.2, 0) is 17.8 Å². The van der Waals surface area contributed by atoms with Crippen LogP contribution in [0.3, 0.4) is 0 Å². The molecule has 2 aromatic heterocycles. The van der Waals surface area contributed by atoms with Crippen LogP contribution in [0.1, 0.15) is 16.3 Å². The Kier molecular flexibility index (Phi) is 5.90. The van der Waals surface area contributed by atoms with E-state index in [0.29, 0.717) is 22.4 Å². The number of methoxy groups -OCH3 is 1. The van der Waals surface area contributed by atoms with Gasteiger partial charge in [-0.3, -0.25) is 4.79 Å². The van der Waals surface area contributed by atoms with Crippen LogP contribution in [0, 0.1) is 6.92 Å². The molecule has 30 heavy (non-hydrogen) atoms. The number of fused-ring (bicyclic) bond motifs is 1. The zero-order valence-electron chi connectivity index (χ0n) is 16.1. The standard InChI is InChI=1S/C20H17Cl2N5O2S/c1-11-20(25-26-27(11)10-12-3-5-14(21)15(22)7-12)24-18(28)9-19-23-16-6-4-13(29-2)8-17(16)30-19/h3-8H,9-10H2,1-2H3,(H,24,28). The number of halogens is 2. The summed E-state index contributed by atoms with van der Waals surface area (Å²) >= 11 is 13.5. The van der Waals surface area contributed by atoms with E-state index in [1.54, 1.807) is 23.9 Å². The van der Waals surface area contributed by atoms with Crippen molar-refractivity contribution in [2.24, 2.45) is 0 Å². The Balaban J connectivity index is 1.44. The minimum absolute atomic E-state index is 0.154. The first kappa shape index (κ1) is 20.6. The van der Waals surface area contributed by atoms with Gasteiger partial charge in [0, 0.05) is 0 Å². The molecule has 4 aromatic rings. The number of hydrogen-bond acceptors (Lipinski definition) is 6. The molecule has 0 spiro atoms. The van der Waals surface area contributed by atoms with Gasteiger partial charge in [-0.05, 0) is 42.8 Å². The number of nitrogens with zero attached hydrogens (tertiary/aromatic N) is 4. The van der Waals surface area contributed by atoms with Crippen molar-refractivity contribution in [2.45, 2.75) is 19.9 Å². The number of anilines is 1. The molecule has 1 amide bonds. The summed E-state index contributed by atoms with van der Waals surface area (Å²) in [6.07, 6.45) is 0.154. The minimum Gasteiger partial charge on any atom is -0.497 e. The fourth-order valence-electron chi connectivity index (χ4n) is 2.91. The van der Waals surface area contributed by atoms with E-state index in [-0.39, 0.29) is 12.3 Å². The third-order valence-electron chi connectivity index (χ3n) is 4.51. The molecule has 0 aliphatic rings. The maximum absolute atomic E-state index is 12.5. The summed E-state index contributed by atoms with van der Waals surface area (Å²) < 4.78 is 7.90. The summed E-state index contributed by atoms with van der Waals surface area (Å²) in [6.45, 7) is 2.31. The van der Waals surface area contributed by atoms with Crippen molar-refractivity contribution in [3.05, 3.63) is 62.7 Å².